The number of nitrogens with zero attached hydrogens (tertiary/aromatic N) is 2. The Balaban J connectivity index is 1.50. The predicted molar refractivity (Wildman–Crippen MR) is 134 cm³/mol. The molecule has 2 heterocycles. The first-order valence-corrected chi connectivity index (χ1v) is 14.1. The molecule has 2 N–H and O–H groups in total. The fourth-order valence-corrected chi connectivity index (χ4v) is 5.74. The van der Waals surface area contributed by atoms with Gasteiger partial charge in [0.1, 0.15) is 25.1 Å². The van der Waals surface area contributed by atoms with E-state index < -0.39 is 32.0 Å². The van der Waals surface area contributed by atoms with Crippen LogP contribution < -0.4 is 23.8 Å². The summed E-state index contributed by atoms with van der Waals surface area (Å²) in [5, 5.41) is 2.63. The van der Waals surface area contributed by atoms with Crippen LogP contribution in [0.3, 0.4) is 0 Å². The number of rotatable bonds is 8. The van der Waals surface area contributed by atoms with Crippen molar-refractivity contribution in [3.05, 3.63) is 66.9 Å². The molecule has 1 aromatic heterocycles. The summed E-state index contributed by atoms with van der Waals surface area (Å²) in [5.41, 5.74) is 0.533. The molecule has 11 nitrogen and oxygen atoms in total. The van der Waals surface area contributed by atoms with Crippen molar-refractivity contribution in [1.29, 1.82) is 0 Å². The SMILES string of the molecule is C[C@@H](C(=O)Nc1ccc(S(=O)(=O)Nc2ccccn2)cc1)N(c1ccc2c(c1)OCCO2)S(C)(=O)=O. The number of sulfonamides is 2. The van der Waals surface area contributed by atoms with Crippen molar-refractivity contribution in [2.75, 3.05) is 33.8 Å². The van der Waals surface area contributed by atoms with E-state index in [0.29, 0.717) is 30.4 Å². The van der Waals surface area contributed by atoms with E-state index in [1.807, 2.05) is 0 Å². The summed E-state index contributed by atoms with van der Waals surface area (Å²) in [4.78, 5) is 16.9. The number of benzene rings is 2. The third-order valence-corrected chi connectivity index (χ3v) is 7.82. The first kappa shape index (κ1) is 25.3. The summed E-state index contributed by atoms with van der Waals surface area (Å²) >= 11 is 0. The number of carbonyl (C=O) groups is 1. The third-order valence-electron chi connectivity index (χ3n) is 5.20. The van der Waals surface area contributed by atoms with Crippen LogP contribution in [-0.4, -0.2) is 53.2 Å². The van der Waals surface area contributed by atoms with Gasteiger partial charge in [-0.1, -0.05) is 6.07 Å². The summed E-state index contributed by atoms with van der Waals surface area (Å²) in [6.07, 6.45) is 2.46. The topological polar surface area (TPSA) is 144 Å². The molecule has 36 heavy (non-hydrogen) atoms. The molecule has 190 valence electrons. The van der Waals surface area contributed by atoms with Crippen LogP contribution in [0.5, 0.6) is 11.5 Å². The van der Waals surface area contributed by atoms with Gasteiger partial charge < -0.3 is 14.8 Å². The van der Waals surface area contributed by atoms with E-state index in [-0.39, 0.29) is 16.4 Å². The van der Waals surface area contributed by atoms with Gasteiger partial charge in [0, 0.05) is 18.0 Å². The van der Waals surface area contributed by atoms with Gasteiger partial charge in [0.25, 0.3) is 10.0 Å². The molecule has 1 amide bonds. The van der Waals surface area contributed by atoms with E-state index in [1.165, 1.54) is 55.6 Å². The van der Waals surface area contributed by atoms with Gasteiger partial charge in [-0.3, -0.25) is 13.8 Å². The average Bonchev–Trinajstić information content (AvgIpc) is 2.84. The zero-order valence-electron chi connectivity index (χ0n) is 19.4. The van der Waals surface area contributed by atoms with E-state index in [4.69, 9.17) is 9.47 Å². The number of pyridine rings is 1. The van der Waals surface area contributed by atoms with E-state index >= 15 is 0 Å². The second-order valence-corrected chi connectivity index (χ2v) is 11.4. The third kappa shape index (κ3) is 5.69. The molecule has 0 saturated heterocycles. The van der Waals surface area contributed by atoms with Gasteiger partial charge in [0.15, 0.2) is 11.5 Å². The minimum Gasteiger partial charge on any atom is -0.486 e. The number of nitrogens with one attached hydrogen (secondary N) is 2. The van der Waals surface area contributed by atoms with Gasteiger partial charge in [0.2, 0.25) is 15.9 Å². The lowest BCUT2D eigenvalue weighted by atomic mass is 10.2. The zero-order valence-corrected chi connectivity index (χ0v) is 21.0. The maximum atomic E-state index is 13.0. The summed E-state index contributed by atoms with van der Waals surface area (Å²) in [6, 6.07) is 13.8. The molecule has 0 radical (unpaired) electrons. The highest BCUT2D eigenvalue weighted by Gasteiger charge is 2.30. The van der Waals surface area contributed by atoms with Crippen molar-refractivity contribution in [2.45, 2.75) is 17.9 Å². The smallest absolute Gasteiger partial charge is 0.263 e. The number of carbonyl (C=O) groups excluding carboxylic acids is 1. The van der Waals surface area contributed by atoms with Crippen LogP contribution in [-0.2, 0) is 24.8 Å². The van der Waals surface area contributed by atoms with Crippen LogP contribution in [0.15, 0.2) is 71.8 Å². The number of fused-ring (bicyclic) bond motifs is 1. The summed E-state index contributed by atoms with van der Waals surface area (Å²) in [7, 11) is -7.74. The molecule has 0 unspecified atom stereocenters. The largest absolute Gasteiger partial charge is 0.486 e. The number of amides is 1. The van der Waals surface area contributed by atoms with Crippen LogP contribution >= 0.6 is 0 Å². The maximum Gasteiger partial charge on any atom is 0.263 e. The summed E-state index contributed by atoms with van der Waals surface area (Å²) in [5.74, 6) is 0.431. The van der Waals surface area contributed by atoms with Crippen molar-refractivity contribution in [3.63, 3.8) is 0 Å². The van der Waals surface area contributed by atoms with Crippen molar-refractivity contribution in [1.82, 2.24) is 4.98 Å². The Morgan fingerprint density at radius 2 is 1.67 bits per heavy atom. The highest BCUT2D eigenvalue weighted by atomic mass is 32.2. The Hall–Kier alpha value is -3.84. The Morgan fingerprint density at radius 1 is 0.972 bits per heavy atom. The Labute approximate surface area is 209 Å². The van der Waals surface area contributed by atoms with Crippen LogP contribution in [0, 0.1) is 0 Å². The van der Waals surface area contributed by atoms with Crippen molar-refractivity contribution < 1.29 is 31.1 Å². The standard InChI is InChI=1S/C23H24N4O7S2/c1-16(27(35(2,29)30)18-8-11-20-21(15-18)34-14-13-33-20)23(28)25-17-6-9-19(10-7-17)36(31,32)26-22-5-3-4-12-24-22/h3-12,15-16H,13-14H2,1-2H3,(H,24,26)(H,25,28)/t16-/m0/s1. The lowest BCUT2D eigenvalue weighted by Crippen LogP contribution is -2.45. The summed E-state index contributed by atoms with van der Waals surface area (Å²) in [6.45, 7) is 2.16. The molecule has 1 atom stereocenters. The van der Waals surface area contributed by atoms with E-state index in [0.717, 1.165) is 10.6 Å². The molecule has 0 spiro atoms. The first-order chi connectivity index (χ1) is 17.0. The van der Waals surface area contributed by atoms with E-state index in [2.05, 4.69) is 15.0 Å². The molecular weight excluding hydrogens is 508 g/mol. The minimum absolute atomic E-state index is 0.0340. The van der Waals surface area contributed by atoms with Crippen LogP contribution in [0.4, 0.5) is 17.2 Å². The predicted octanol–water partition coefficient (Wildman–Crippen LogP) is 2.45. The van der Waals surface area contributed by atoms with Gasteiger partial charge in [-0.25, -0.2) is 21.8 Å². The molecule has 0 bridgehead atoms. The first-order valence-electron chi connectivity index (χ1n) is 10.8. The molecule has 4 rings (SSSR count). The number of hydrogen-bond donors (Lipinski definition) is 2. The van der Waals surface area contributed by atoms with Gasteiger partial charge in [-0.15, -0.1) is 0 Å². The van der Waals surface area contributed by atoms with Crippen molar-refractivity contribution in [3.8, 4) is 11.5 Å². The minimum atomic E-state index is -3.89. The van der Waals surface area contributed by atoms with Gasteiger partial charge in [0.05, 0.1) is 16.8 Å². The number of hydrogen-bond acceptors (Lipinski definition) is 8. The Morgan fingerprint density at radius 3 is 2.31 bits per heavy atom. The fourth-order valence-electron chi connectivity index (χ4n) is 3.56. The Bertz CT molecular complexity index is 1460. The number of anilines is 3. The molecule has 2 aromatic carbocycles. The quantitative estimate of drug-likeness (QED) is 0.450. The zero-order chi connectivity index (χ0) is 25.9. The Kier molecular flexibility index (Phi) is 7.04. The van der Waals surface area contributed by atoms with E-state index in [9.17, 15) is 21.6 Å². The summed E-state index contributed by atoms with van der Waals surface area (Å²) < 4.78 is 64.7. The maximum absolute atomic E-state index is 13.0. The molecule has 0 saturated carbocycles. The van der Waals surface area contributed by atoms with Gasteiger partial charge >= 0.3 is 0 Å². The molecular formula is C23H24N4O7S2. The molecule has 0 aliphatic carbocycles. The second kappa shape index (κ2) is 10.0. The number of ether oxygens (including phenoxy) is 2. The molecule has 1 aliphatic rings. The normalized spacial score (nSPS) is 13.9. The fraction of sp³-hybridized carbons (Fsp3) is 0.217. The molecule has 0 fully saturated rings. The van der Waals surface area contributed by atoms with Crippen molar-refractivity contribution >= 4 is 43.1 Å². The average molecular weight is 533 g/mol. The molecule has 13 heteroatoms. The second-order valence-electron chi connectivity index (χ2n) is 7.90. The highest BCUT2D eigenvalue weighted by molar-refractivity contribution is 7.92. The number of aromatic nitrogens is 1. The monoisotopic (exact) mass is 532 g/mol. The molecule has 3 aromatic rings. The highest BCUT2D eigenvalue weighted by Crippen LogP contribution is 2.35. The van der Waals surface area contributed by atoms with Crippen LogP contribution in [0.1, 0.15) is 6.92 Å². The van der Waals surface area contributed by atoms with Crippen molar-refractivity contribution in [2.24, 2.45) is 0 Å². The van der Waals surface area contributed by atoms with Crippen LogP contribution in [0.2, 0.25) is 0 Å². The molecule has 1 aliphatic heterocycles. The lowest BCUT2D eigenvalue weighted by molar-refractivity contribution is -0.116. The van der Waals surface area contributed by atoms with Gasteiger partial charge in [-0.05, 0) is 55.5 Å². The lowest BCUT2D eigenvalue weighted by Gasteiger charge is -2.29. The van der Waals surface area contributed by atoms with Gasteiger partial charge in [-0.2, -0.15) is 0 Å². The van der Waals surface area contributed by atoms with Crippen LogP contribution in [0.25, 0.3) is 0 Å². The van der Waals surface area contributed by atoms with E-state index in [1.54, 1.807) is 18.2 Å².